The summed E-state index contributed by atoms with van der Waals surface area (Å²) in [5.41, 5.74) is 1.64. The summed E-state index contributed by atoms with van der Waals surface area (Å²) in [4.78, 5) is 12.1. The number of ether oxygens (including phenoxy) is 3. The first kappa shape index (κ1) is 22.0. The molecular formula is C23H24FN3O4. The Morgan fingerprint density at radius 1 is 0.968 bits per heavy atom. The number of amides is 1. The molecular weight excluding hydrogens is 401 g/mol. The minimum absolute atomic E-state index is 0.228. The lowest BCUT2D eigenvalue weighted by atomic mass is 10.1. The fourth-order valence-electron chi connectivity index (χ4n) is 2.68. The number of nitrogens with zero attached hydrogens (tertiary/aromatic N) is 2. The summed E-state index contributed by atoms with van der Waals surface area (Å²) in [5.74, 6) is 0.920. The van der Waals surface area contributed by atoms with Gasteiger partial charge in [0, 0.05) is 11.6 Å². The van der Waals surface area contributed by atoms with E-state index in [1.54, 1.807) is 13.0 Å². The molecule has 0 spiro atoms. The quantitative estimate of drug-likeness (QED) is 0.500. The van der Waals surface area contributed by atoms with E-state index in [2.05, 4.69) is 15.5 Å². The molecule has 1 unspecified atom stereocenters. The maximum atomic E-state index is 12.9. The first-order valence-corrected chi connectivity index (χ1v) is 9.95. The topological polar surface area (TPSA) is 82.6 Å². The SMILES string of the molecule is CCOc1ccc(-c2ccc(OCCNC(=O)C(C)Oc3ccc(F)cc3)nn2)cc1. The van der Waals surface area contributed by atoms with Crippen molar-refractivity contribution in [2.75, 3.05) is 19.8 Å². The lowest BCUT2D eigenvalue weighted by molar-refractivity contribution is -0.127. The number of hydrogen-bond acceptors (Lipinski definition) is 6. The van der Waals surface area contributed by atoms with Crippen LogP contribution in [0.1, 0.15) is 13.8 Å². The Balaban J connectivity index is 1.41. The van der Waals surface area contributed by atoms with Gasteiger partial charge in [0.2, 0.25) is 5.88 Å². The average Bonchev–Trinajstić information content (AvgIpc) is 2.79. The van der Waals surface area contributed by atoms with Gasteiger partial charge in [-0.15, -0.1) is 10.2 Å². The molecule has 0 bridgehead atoms. The normalized spacial score (nSPS) is 11.5. The number of carbonyl (C=O) groups excluding carboxylic acids is 1. The highest BCUT2D eigenvalue weighted by atomic mass is 19.1. The molecule has 2 aromatic carbocycles. The molecule has 0 radical (unpaired) electrons. The Kier molecular flexibility index (Phi) is 7.75. The van der Waals surface area contributed by atoms with E-state index < -0.39 is 6.10 Å². The molecule has 1 N–H and O–H groups in total. The largest absolute Gasteiger partial charge is 0.494 e. The van der Waals surface area contributed by atoms with Crippen LogP contribution in [0, 0.1) is 5.82 Å². The maximum absolute atomic E-state index is 12.9. The number of aromatic nitrogens is 2. The number of carbonyl (C=O) groups is 1. The molecule has 8 heteroatoms. The van der Waals surface area contributed by atoms with E-state index in [0.717, 1.165) is 17.0 Å². The second kappa shape index (κ2) is 10.9. The summed E-state index contributed by atoms with van der Waals surface area (Å²) in [6.45, 7) is 4.67. The molecule has 1 aromatic heterocycles. The predicted octanol–water partition coefficient (Wildman–Crippen LogP) is 3.64. The first-order valence-electron chi connectivity index (χ1n) is 9.95. The van der Waals surface area contributed by atoms with Gasteiger partial charge in [-0.25, -0.2) is 4.39 Å². The molecule has 0 aliphatic heterocycles. The second-order valence-electron chi connectivity index (χ2n) is 6.57. The van der Waals surface area contributed by atoms with Crippen molar-refractivity contribution < 1.29 is 23.4 Å². The zero-order valence-corrected chi connectivity index (χ0v) is 17.4. The van der Waals surface area contributed by atoms with Gasteiger partial charge in [-0.05, 0) is 68.4 Å². The summed E-state index contributed by atoms with van der Waals surface area (Å²) in [7, 11) is 0. The standard InChI is InChI=1S/C23H24FN3O4/c1-3-29-19-8-4-17(5-9-19)21-12-13-22(27-26-21)30-15-14-25-23(28)16(2)31-20-10-6-18(24)7-11-20/h4-13,16H,3,14-15H2,1-2H3,(H,25,28). The van der Waals surface area contributed by atoms with Gasteiger partial charge in [0.15, 0.2) is 6.10 Å². The van der Waals surface area contributed by atoms with E-state index in [9.17, 15) is 9.18 Å². The lowest BCUT2D eigenvalue weighted by Gasteiger charge is -2.14. The van der Waals surface area contributed by atoms with Crippen molar-refractivity contribution >= 4 is 5.91 Å². The Labute approximate surface area is 180 Å². The Morgan fingerprint density at radius 3 is 2.32 bits per heavy atom. The molecule has 0 fully saturated rings. The minimum Gasteiger partial charge on any atom is -0.494 e. The maximum Gasteiger partial charge on any atom is 0.260 e. The van der Waals surface area contributed by atoms with Crippen LogP contribution in [-0.4, -0.2) is 42.0 Å². The van der Waals surface area contributed by atoms with Gasteiger partial charge in [-0.1, -0.05) is 0 Å². The fourth-order valence-corrected chi connectivity index (χ4v) is 2.68. The van der Waals surface area contributed by atoms with E-state index >= 15 is 0 Å². The van der Waals surface area contributed by atoms with Crippen molar-refractivity contribution in [3.8, 4) is 28.6 Å². The zero-order chi connectivity index (χ0) is 22.1. The predicted molar refractivity (Wildman–Crippen MR) is 114 cm³/mol. The van der Waals surface area contributed by atoms with Crippen LogP contribution in [0.2, 0.25) is 0 Å². The number of rotatable bonds is 10. The summed E-state index contributed by atoms with van der Waals surface area (Å²) < 4.78 is 29.3. The van der Waals surface area contributed by atoms with Gasteiger partial charge in [0.25, 0.3) is 5.91 Å². The smallest absolute Gasteiger partial charge is 0.260 e. The second-order valence-corrected chi connectivity index (χ2v) is 6.57. The van der Waals surface area contributed by atoms with E-state index in [0.29, 0.717) is 18.2 Å². The van der Waals surface area contributed by atoms with Crippen LogP contribution in [0.15, 0.2) is 60.7 Å². The fraction of sp³-hybridized carbons (Fsp3) is 0.261. The van der Waals surface area contributed by atoms with E-state index in [4.69, 9.17) is 14.2 Å². The highest BCUT2D eigenvalue weighted by Gasteiger charge is 2.14. The van der Waals surface area contributed by atoms with Crippen molar-refractivity contribution in [3.05, 3.63) is 66.5 Å². The van der Waals surface area contributed by atoms with Crippen LogP contribution in [0.4, 0.5) is 4.39 Å². The Morgan fingerprint density at radius 2 is 1.68 bits per heavy atom. The van der Waals surface area contributed by atoms with E-state index in [1.807, 2.05) is 37.3 Å². The van der Waals surface area contributed by atoms with Crippen molar-refractivity contribution in [1.29, 1.82) is 0 Å². The molecule has 0 aliphatic rings. The Bertz CT molecular complexity index is 964. The summed E-state index contributed by atoms with van der Waals surface area (Å²) in [5, 5.41) is 10.9. The summed E-state index contributed by atoms with van der Waals surface area (Å²) in [6, 6.07) is 16.6. The molecule has 1 heterocycles. The zero-order valence-electron chi connectivity index (χ0n) is 17.4. The van der Waals surface area contributed by atoms with Crippen LogP contribution < -0.4 is 19.5 Å². The molecule has 0 aliphatic carbocycles. The Hall–Kier alpha value is -3.68. The van der Waals surface area contributed by atoms with Gasteiger partial charge in [0.1, 0.15) is 23.9 Å². The summed E-state index contributed by atoms with van der Waals surface area (Å²) >= 11 is 0. The number of nitrogens with one attached hydrogen (secondary N) is 1. The van der Waals surface area contributed by atoms with Gasteiger partial charge in [-0.3, -0.25) is 4.79 Å². The van der Waals surface area contributed by atoms with Gasteiger partial charge in [0.05, 0.1) is 18.8 Å². The highest BCUT2D eigenvalue weighted by Crippen LogP contribution is 2.21. The number of halogens is 1. The van der Waals surface area contributed by atoms with Crippen LogP contribution in [-0.2, 0) is 4.79 Å². The van der Waals surface area contributed by atoms with Gasteiger partial charge in [-0.2, -0.15) is 0 Å². The van der Waals surface area contributed by atoms with Crippen LogP contribution in [0.3, 0.4) is 0 Å². The minimum atomic E-state index is -0.723. The molecule has 3 rings (SSSR count). The third-order valence-corrected chi connectivity index (χ3v) is 4.25. The monoisotopic (exact) mass is 425 g/mol. The average molecular weight is 425 g/mol. The van der Waals surface area contributed by atoms with E-state index in [-0.39, 0.29) is 24.9 Å². The molecule has 7 nitrogen and oxygen atoms in total. The number of benzene rings is 2. The lowest BCUT2D eigenvalue weighted by Crippen LogP contribution is -2.38. The molecule has 3 aromatic rings. The molecule has 1 atom stereocenters. The molecule has 31 heavy (non-hydrogen) atoms. The van der Waals surface area contributed by atoms with Crippen molar-refractivity contribution in [2.24, 2.45) is 0 Å². The third kappa shape index (κ3) is 6.67. The van der Waals surface area contributed by atoms with Crippen molar-refractivity contribution in [2.45, 2.75) is 20.0 Å². The summed E-state index contributed by atoms with van der Waals surface area (Å²) in [6.07, 6.45) is -0.723. The first-order chi connectivity index (χ1) is 15.0. The van der Waals surface area contributed by atoms with Crippen LogP contribution in [0.25, 0.3) is 11.3 Å². The highest BCUT2D eigenvalue weighted by molar-refractivity contribution is 5.80. The molecule has 0 saturated carbocycles. The molecule has 162 valence electrons. The number of hydrogen-bond donors (Lipinski definition) is 1. The molecule has 1 amide bonds. The van der Waals surface area contributed by atoms with Gasteiger partial charge < -0.3 is 19.5 Å². The van der Waals surface area contributed by atoms with Crippen LogP contribution >= 0.6 is 0 Å². The third-order valence-electron chi connectivity index (χ3n) is 4.25. The van der Waals surface area contributed by atoms with Gasteiger partial charge >= 0.3 is 0 Å². The van der Waals surface area contributed by atoms with E-state index in [1.165, 1.54) is 24.3 Å². The van der Waals surface area contributed by atoms with Crippen molar-refractivity contribution in [3.63, 3.8) is 0 Å². The van der Waals surface area contributed by atoms with Crippen LogP contribution in [0.5, 0.6) is 17.4 Å². The molecule has 0 saturated heterocycles. The van der Waals surface area contributed by atoms with Crippen molar-refractivity contribution in [1.82, 2.24) is 15.5 Å².